The molecule has 4 aromatic carbocycles. The Morgan fingerprint density at radius 2 is 1.26 bits per heavy atom. The van der Waals surface area contributed by atoms with Crippen LogP contribution in [0.3, 0.4) is 0 Å². The molecule has 6 unspecified atom stereocenters. The van der Waals surface area contributed by atoms with Gasteiger partial charge in [0.05, 0.1) is 6.04 Å². The highest BCUT2D eigenvalue weighted by Crippen LogP contribution is 2.44. The molecule has 224 valence electrons. The van der Waals surface area contributed by atoms with E-state index in [0.29, 0.717) is 35.8 Å². The number of hydrogen-bond acceptors (Lipinski definition) is 4. The van der Waals surface area contributed by atoms with Gasteiger partial charge in [0.15, 0.2) is 12.3 Å². The number of epoxide rings is 1. The Hall–Kier alpha value is -4.30. The van der Waals surface area contributed by atoms with Crippen molar-refractivity contribution in [2.75, 3.05) is 0 Å². The lowest BCUT2D eigenvalue weighted by molar-refractivity contribution is -0.121. The van der Waals surface area contributed by atoms with Crippen molar-refractivity contribution in [3.8, 4) is 11.5 Å². The second kappa shape index (κ2) is 14.2. The zero-order valence-electron chi connectivity index (χ0n) is 23.7. The standard InChI is InChI=1S/C35H34F3NO4/c1-23(40)39-33(30(36)20-24-12-16-28(17-13-24)41-21-25-8-4-2-5-9-25)31(37)32(38)35-34(43-35)27-14-18-29(19-15-27)42-22-26-10-6-3-7-11-26/h2-19,30-35H,20-22H2,1H3,(H,39,40). The Bertz CT molecular complexity index is 1440. The number of hydrogen-bond donors (Lipinski definition) is 1. The van der Waals surface area contributed by atoms with E-state index in [4.69, 9.17) is 14.2 Å². The molecule has 0 aromatic heterocycles. The summed E-state index contributed by atoms with van der Waals surface area (Å²) in [6.45, 7) is 1.94. The van der Waals surface area contributed by atoms with E-state index in [1.165, 1.54) is 0 Å². The first kappa shape index (κ1) is 30.2. The summed E-state index contributed by atoms with van der Waals surface area (Å²) >= 11 is 0. The fourth-order valence-electron chi connectivity index (χ4n) is 4.93. The summed E-state index contributed by atoms with van der Waals surface area (Å²) in [4.78, 5) is 11.8. The zero-order valence-corrected chi connectivity index (χ0v) is 23.7. The predicted molar refractivity (Wildman–Crippen MR) is 158 cm³/mol. The second-order valence-electron chi connectivity index (χ2n) is 10.6. The first-order valence-electron chi connectivity index (χ1n) is 14.2. The summed E-state index contributed by atoms with van der Waals surface area (Å²) in [5.74, 6) is 0.583. The maximum absolute atomic E-state index is 15.5. The Labute approximate surface area is 249 Å². The number of nitrogens with one attached hydrogen (secondary N) is 1. The van der Waals surface area contributed by atoms with E-state index < -0.39 is 42.7 Å². The van der Waals surface area contributed by atoms with Gasteiger partial charge in [-0.25, -0.2) is 13.2 Å². The van der Waals surface area contributed by atoms with Crippen LogP contribution in [0.4, 0.5) is 13.2 Å². The summed E-state index contributed by atoms with van der Waals surface area (Å²) in [6, 6.07) is 31.4. The van der Waals surface area contributed by atoms with Crippen LogP contribution in [-0.4, -0.2) is 36.6 Å². The quantitative estimate of drug-likeness (QED) is 0.160. The zero-order chi connectivity index (χ0) is 30.2. The fourth-order valence-corrected chi connectivity index (χ4v) is 4.93. The largest absolute Gasteiger partial charge is 0.489 e. The van der Waals surface area contributed by atoms with Crippen LogP contribution in [0.5, 0.6) is 11.5 Å². The molecular weight excluding hydrogens is 555 g/mol. The molecule has 5 nitrogen and oxygen atoms in total. The van der Waals surface area contributed by atoms with E-state index in [1.807, 2.05) is 60.7 Å². The Kier molecular flexibility index (Phi) is 10.00. The highest BCUT2D eigenvalue weighted by molar-refractivity contribution is 5.73. The van der Waals surface area contributed by atoms with E-state index in [0.717, 1.165) is 18.1 Å². The van der Waals surface area contributed by atoms with Crippen LogP contribution < -0.4 is 14.8 Å². The molecule has 1 aliphatic heterocycles. The lowest BCUT2D eigenvalue weighted by Gasteiger charge is -2.27. The van der Waals surface area contributed by atoms with Gasteiger partial charge in [-0.05, 0) is 46.5 Å². The molecule has 5 rings (SSSR count). The maximum atomic E-state index is 15.5. The first-order valence-corrected chi connectivity index (χ1v) is 14.2. The van der Waals surface area contributed by atoms with Gasteiger partial charge in [0.2, 0.25) is 5.91 Å². The van der Waals surface area contributed by atoms with Crippen molar-refractivity contribution in [1.29, 1.82) is 0 Å². The van der Waals surface area contributed by atoms with Crippen molar-refractivity contribution in [2.24, 2.45) is 0 Å². The van der Waals surface area contributed by atoms with Gasteiger partial charge < -0.3 is 19.5 Å². The SMILES string of the molecule is CC(=O)NC(C(F)Cc1ccc(OCc2ccccc2)cc1)C(F)C(F)C1OC1c1ccc(OCc2ccccc2)cc1. The van der Waals surface area contributed by atoms with Crippen molar-refractivity contribution in [2.45, 2.75) is 63.3 Å². The van der Waals surface area contributed by atoms with Gasteiger partial charge in [-0.2, -0.15) is 0 Å². The molecule has 0 bridgehead atoms. The smallest absolute Gasteiger partial charge is 0.217 e. The molecule has 0 saturated carbocycles. The third-order valence-corrected chi connectivity index (χ3v) is 7.31. The Morgan fingerprint density at radius 3 is 1.77 bits per heavy atom. The van der Waals surface area contributed by atoms with Crippen LogP contribution in [0.25, 0.3) is 0 Å². The molecule has 0 spiro atoms. The number of alkyl halides is 3. The van der Waals surface area contributed by atoms with Crippen LogP contribution in [-0.2, 0) is 29.2 Å². The second-order valence-corrected chi connectivity index (χ2v) is 10.6. The van der Waals surface area contributed by atoms with Gasteiger partial charge in [0.1, 0.15) is 43.1 Å². The minimum atomic E-state index is -2.31. The topological polar surface area (TPSA) is 60.1 Å². The number of ether oxygens (including phenoxy) is 3. The first-order chi connectivity index (χ1) is 20.9. The summed E-state index contributed by atoms with van der Waals surface area (Å²) in [6.07, 6.45) is -8.28. The molecule has 4 aromatic rings. The van der Waals surface area contributed by atoms with Gasteiger partial charge in [-0.3, -0.25) is 4.79 Å². The van der Waals surface area contributed by atoms with Crippen molar-refractivity contribution in [3.05, 3.63) is 131 Å². The van der Waals surface area contributed by atoms with Crippen LogP contribution in [0.2, 0.25) is 0 Å². The summed E-state index contributed by atoms with van der Waals surface area (Å²) in [7, 11) is 0. The molecule has 1 heterocycles. The lowest BCUT2D eigenvalue weighted by atomic mass is 9.94. The number of rotatable bonds is 14. The highest BCUT2D eigenvalue weighted by Gasteiger charge is 2.52. The fraction of sp³-hybridized carbons (Fsp3) is 0.286. The number of carbonyl (C=O) groups excluding carboxylic acids is 1. The molecular formula is C35H34F3NO4. The van der Waals surface area contributed by atoms with Crippen LogP contribution in [0.15, 0.2) is 109 Å². The van der Waals surface area contributed by atoms with Gasteiger partial charge >= 0.3 is 0 Å². The normalized spacial score (nSPS) is 18.6. The van der Waals surface area contributed by atoms with Crippen LogP contribution in [0.1, 0.15) is 35.3 Å². The average molecular weight is 590 g/mol. The molecule has 0 radical (unpaired) electrons. The third-order valence-electron chi connectivity index (χ3n) is 7.31. The molecule has 6 atom stereocenters. The minimum Gasteiger partial charge on any atom is -0.489 e. The van der Waals surface area contributed by atoms with Crippen molar-refractivity contribution in [1.82, 2.24) is 5.32 Å². The minimum absolute atomic E-state index is 0.212. The number of halogens is 3. The van der Waals surface area contributed by atoms with Gasteiger partial charge in [0, 0.05) is 13.3 Å². The highest BCUT2D eigenvalue weighted by atomic mass is 19.2. The van der Waals surface area contributed by atoms with Crippen molar-refractivity contribution >= 4 is 5.91 Å². The number of amides is 1. The number of carbonyl (C=O) groups is 1. The lowest BCUT2D eigenvalue weighted by Crippen LogP contribution is -2.52. The summed E-state index contributed by atoms with van der Waals surface area (Å²) in [5, 5.41) is 2.28. The summed E-state index contributed by atoms with van der Waals surface area (Å²) in [5.41, 5.74) is 3.26. The van der Waals surface area contributed by atoms with Crippen molar-refractivity contribution in [3.63, 3.8) is 0 Å². The Morgan fingerprint density at radius 1 is 0.744 bits per heavy atom. The van der Waals surface area contributed by atoms with Gasteiger partial charge in [0.25, 0.3) is 0 Å². The van der Waals surface area contributed by atoms with Crippen molar-refractivity contribution < 1.29 is 32.2 Å². The van der Waals surface area contributed by atoms with Gasteiger partial charge in [-0.15, -0.1) is 0 Å². The third kappa shape index (κ3) is 8.38. The van der Waals surface area contributed by atoms with E-state index in [1.54, 1.807) is 48.5 Å². The molecule has 0 aliphatic carbocycles. The van der Waals surface area contributed by atoms with Crippen LogP contribution in [0, 0.1) is 0 Å². The molecule has 43 heavy (non-hydrogen) atoms. The molecule has 1 aliphatic rings. The number of benzene rings is 4. The van der Waals surface area contributed by atoms with E-state index >= 15 is 13.2 Å². The Balaban J connectivity index is 1.14. The molecule has 8 heteroatoms. The monoisotopic (exact) mass is 589 g/mol. The van der Waals surface area contributed by atoms with Crippen LogP contribution >= 0.6 is 0 Å². The van der Waals surface area contributed by atoms with E-state index in [9.17, 15) is 4.79 Å². The van der Waals surface area contributed by atoms with Gasteiger partial charge in [-0.1, -0.05) is 84.9 Å². The molecule has 1 fully saturated rings. The molecule has 1 amide bonds. The van der Waals surface area contributed by atoms with E-state index in [-0.39, 0.29) is 6.42 Å². The predicted octanol–water partition coefficient (Wildman–Crippen LogP) is 7.05. The molecule has 1 saturated heterocycles. The summed E-state index contributed by atoms with van der Waals surface area (Å²) < 4.78 is 63.2. The molecule has 1 N–H and O–H groups in total. The average Bonchev–Trinajstić information content (AvgIpc) is 3.84. The van der Waals surface area contributed by atoms with E-state index in [2.05, 4.69) is 5.32 Å². The maximum Gasteiger partial charge on any atom is 0.217 e.